The molecule has 0 saturated heterocycles. The van der Waals surface area contributed by atoms with E-state index >= 15 is 0 Å². The average molecular weight is 312 g/mol. The van der Waals surface area contributed by atoms with Crippen molar-refractivity contribution < 1.29 is 14.3 Å². The highest BCUT2D eigenvalue weighted by molar-refractivity contribution is 6.02. The summed E-state index contributed by atoms with van der Waals surface area (Å²) in [7, 11) is 0. The Morgan fingerprint density at radius 1 is 1.04 bits per heavy atom. The van der Waals surface area contributed by atoms with Crippen molar-refractivity contribution in [3.8, 4) is 0 Å². The number of aromatic nitrogens is 1. The van der Waals surface area contributed by atoms with Gasteiger partial charge in [0, 0.05) is 29.5 Å². The largest absolute Gasteiger partial charge is 0.618 e. The normalized spacial score (nSPS) is 13.2. The van der Waals surface area contributed by atoms with Crippen molar-refractivity contribution >= 4 is 23.3 Å². The molecular formula is C16H16N4O3. The monoisotopic (exact) mass is 312 g/mol. The lowest BCUT2D eigenvalue weighted by molar-refractivity contribution is -0.607. The van der Waals surface area contributed by atoms with E-state index in [0.717, 1.165) is 12.8 Å². The first-order valence-corrected chi connectivity index (χ1v) is 7.29. The topological polar surface area (TPSA) is 97.2 Å². The molecule has 1 heterocycles. The minimum absolute atomic E-state index is 0.00246. The van der Waals surface area contributed by atoms with Gasteiger partial charge in [0.1, 0.15) is 0 Å². The Bertz CT molecular complexity index is 744. The number of nitrogens with zero attached hydrogens (tertiary/aromatic N) is 1. The smallest absolute Gasteiger partial charge is 0.321 e. The van der Waals surface area contributed by atoms with E-state index in [-0.39, 0.29) is 17.8 Å². The number of carbonyl (C=O) groups is 2. The van der Waals surface area contributed by atoms with Crippen LogP contribution in [0.15, 0.2) is 48.7 Å². The van der Waals surface area contributed by atoms with Crippen LogP contribution in [0.25, 0.3) is 0 Å². The Morgan fingerprint density at radius 2 is 1.78 bits per heavy atom. The van der Waals surface area contributed by atoms with Gasteiger partial charge >= 0.3 is 11.9 Å². The summed E-state index contributed by atoms with van der Waals surface area (Å²) in [6.07, 6.45) is 3.28. The third-order valence-electron chi connectivity index (χ3n) is 3.35. The summed E-state index contributed by atoms with van der Waals surface area (Å²) < 4.78 is 0.501. The van der Waals surface area contributed by atoms with Gasteiger partial charge in [0.15, 0.2) is 6.20 Å². The van der Waals surface area contributed by atoms with Crippen LogP contribution in [0.4, 0.5) is 16.2 Å². The van der Waals surface area contributed by atoms with Gasteiger partial charge in [-0.2, -0.15) is 4.73 Å². The molecule has 0 bridgehead atoms. The fourth-order valence-electron chi connectivity index (χ4n) is 2.05. The lowest BCUT2D eigenvalue weighted by atomic mass is 10.2. The van der Waals surface area contributed by atoms with E-state index in [9.17, 15) is 14.8 Å². The number of amides is 3. The van der Waals surface area contributed by atoms with E-state index in [0.29, 0.717) is 16.1 Å². The number of carbonyl (C=O) groups excluding carboxylic acids is 2. The van der Waals surface area contributed by atoms with Crippen molar-refractivity contribution in [1.29, 1.82) is 0 Å². The average Bonchev–Trinajstić information content (AvgIpc) is 3.31. The zero-order valence-electron chi connectivity index (χ0n) is 12.3. The predicted molar refractivity (Wildman–Crippen MR) is 85.0 cm³/mol. The van der Waals surface area contributed by atoms with E-state index in [1.165, 1.54) is 12.3 Å². The van der Waals surface area contributed by atoms with E-state index in [1.54, 1.807) is 36.4 Å². The lowest BCUT2D eigenvalue weighted by Gasteiger charge is -2.09. The first-order chi connectivity index (χ1) is 11.1. The summed E-state index contributed by atoms with van der Waals surface area (Å²) in [5, 5.41) is 19.7. The Labute approximate surface area is 132 Å². The van der Waals surface area contributed by atoms with Gasteiger partial charge in [0.25, 0.3) is 5.69 Å². The van der Waals surface area contributed by atoms with Crippen LogP contribution in [0.2, 0.25) is 0 Å². The van der Waals surface area contributed by atoms with Crippen molar-refractivity contribution in [3.05, 3.63) is 59.6 Å². The van der Waals surface area contributed by atoms with Crippen LogP contribution in [0, 0.1) is 5.21 Å². The van der Waals surface area contributed by atoms with Crippen molar-refractivity contribution in [2.24, 2.45) is 0 Å². The maximum Gasteiger partial charge on any atom is 0.321 e. The standard InChI is InChI=1S/C16H16N4O3/c21-15(14-6-1-2-9-20(14)23)17-12-4-3-5-13(10-12)19-16(22)18-11-7-8-11/h1-6,9-11H,7-8H2,(H,17,21)(H2,18,19,22). The molecule has 3 amide bonds. The highest BCUT2D eigenvalue weighted by Gasteiger charge is 2.23. The quantitative estimate of drug-likeness (QED) is 0.593. The molecule has 23 heavy (non-hydrogen) atoms. The zero-order chi connectivity index (χ0) is 16.2. The first kappa shape index (κ1) is 14.8. The molecule has 0 atom stereocenters. The molecule has 7 heteroatoms. The van der Waals surface area contributed by atoms with E-state index in [4.69, 9.17) is 0 Å². The third-order valence-corrected chi connectivity index (χ3v) is 3.35. The van der Waals surface area contributed by atoms with Gasteiger partial charge in [-0.3, -0.25) is 4.79 Å². The van der Waals surface area contributed by atoms with Crippen molar-refractivity contribution in [1.82, 2.24) is 5.32 Å². The van der Waals surface area contributed by atoms with Gasteiger partial charge in [0.2, 0.25) is 0 Å². The van der Waals surface area contributed by atoms with Crippen LogP contribution in [0.3, 0.4) is 0 Å². The number of anilines is 2. The minimum atomic E-state index is -0.514. The molecule has 1 aromatic carbocycles. The summed E-state index contributed by atoms with van der Waals surface area (Å²) in [5.41, 5.74) is 1.05. The maximum atomic E-state index is 12.1. The van der Waals surface area contributed by atoms with Crippen molar-refractivity contribution in [2.75, 3.05) is 10.6 Å². The number of nitrogens with one attached hydrogen (secondary N) is 3. The molecule has 118 valence electrons. The van der Waals surface area contributed by atoms with Gasteiger partial charge in [-0.05, 0) is 37.1 Å². The highest BCUT2D eigenvalue weighted by atomic mass is 16.5. The van der Waals surface area contributed by atoms with Crippen LogP contribution < -0.4 is 20.7 Å². The Morgan fingerprint density at radius 3 is 2.48 bits per heavy atom. The van der Waals surface area contributed by atoms with E-state index in [1.807, 2.05) is 0 Å². The molecule has 1 saturated carbocycles. The molecule has 2 aromatic rings. The van der Waals surface area contributed by atoms with E-state index < -0.39 is 5.91 Å². The number of benzene rings is 1. The van der Waals surface area contributed by atoms with Gasteiger partial charge in [-0.15, -0.1) is 0 Å². The van der Waals surface area contributed by atoms with E-state index in [2.05, 4.69) is 16.0 Å². The number of hydrogen-bond donors (Lipinski definition) is 3. The molecule has 1 aliphatic rings. The minimum Gasteiger partial charge on any atom is -0.618 e. The number of urea groups is 1. The van der Waals surface area contributed by atoms with Gasteiger partial charge < -0.3 is 21.2 Å². The second-order valence-corrected chi connectivity index (χ2v) is 5.32. The fourth-order valence-corrected chi connectivity index (χ4v) is 2.05. The molecule has 7 nitrogen and oxygen atoms in total. The second-order valence-electron chi connectivity index (χ2n) is 5.32. The van der Waals surface area contributed by atoms with Crippen molar-refractivity contribution in [3.63, 3.8) is 0 Å². The van der Waals surface area contributed by atoms with Gasteiger partial charge in [-0.1, -0.05) is 6.07 Å². The lowest BCUT2D eigenvalue weighted by Crippen LogP contribution is -2.36. The number of rotatable bonds is 4. The molecule has 3 N–H and O–H groups in total. The summed E-state index contributed by atoms with van der Waals surface area (Å²) in [6.45, 7) is 0. The van der Waals surface area contributed by atoms with Gasteiger partial charge in [0.05, 0.1) is 0 Å². The molecule has 0 spiro atoms. The Kier molecular flexibility index (Phi) is 4.09. The molecule has 0 aliphatic heterocycles. The van der Waals surface area contributed by atoms with Gasteiger partial charge in [-0.25, -0.2) is 4.79 Å². The number of hydrogen-bond acceptors (Lipinski definition) is 3. The molecule has 1 fully saturated rings. The predicted octanol–water partition coefficient (Wildman–Crippen LogP) is 1.86. The van der Waals surface area contributed by atoms with Crippen LogP contribution in [0.5, 0.6) is 0 Å². The molecule has 1 aromatic heterocycles. The van der Waals surface area contributed by atoms with Crippen LogP contribution >= 0.6 is 0 Å². The summed E-state index contributed by atoms with van der Waals surface area (Å²) >= 11 is 0. The summed E-state index contributed by atoms with van der Waals surface area (Å²) in [4.78, 5) is 23.8. The SMILES string of the molecule is O=C(Nc1cccc(NC(=O)c2cccc[n+]2[O-])c1)NC1CC1. The fraction of sp³-hybridized carbons (Fsp3) is 0.188. The highest BCUT2D eigenvalue weighted by Crippen LogP contribution is 2.19. The van der Waals surface area contributed by atoms with Crippen molar-refractivity contribution in [2.45, 2.75) is 18.9 Å². The number of pyridine rings is 1. The molecule has 1 aliphatic carbocycles. The summed E-state index contributed by atoms with van der Waals surface area (Å²) in [5.74, 6) is -0.514. The molecule has 0 unspecified atom stereocenters. The zero-order valence-corrected chi connectivity index (χ0v) is 12.3. The first-order valence-electron chi connectivity index (χ1n) is 7.29. The molecule has 0 radical (unpaired) electrons. The Balaban J connectivity index is 1.66. The maximum absolute atomic E-state index is 12.1. The second kappa shape index (κ2) is 6.35. The molecule has 3 rings (SSSR count). The van der Waals surface area contributed by atoms with Crippen LogP contribution in [0.1, 0.15) is 23.3 Å². The summed E-state index contributed by atoms with van der Waals surface area (Å²) in [6, 6.07) is 11.3. The molecular weight excluding hydrogens is 296 g/mol. The Hall–Kier alpha value is -3.09. The van der Waals surface area contributed by atoms with Crippen LogP contribution in [-0.4, -0.2) is 18.0 Å². The van der Waals surface area contributed by atoms with Crippen LogP contribution in [-0.2, 0) is 0 Å². The third kappa shape index (κ3) is 3.97.